The molecule has 1 N–H and O–H groups in total. The lowest BCUT2D eigenvalue weighted by atomic mass is 9.87. The first-order valence-corrected chi connectivity index (χ1v) is 8.24. The lowest BCUT2D eigenvalue weighted by Crippen LogP contribution is -2.28. The van der Waals surface area contributed by atoms with Crippen LogP contribution in [0.3, 0.4) is 0 Å². The average molecular weight is 286 g/mol. The van der Waals surface area contributed by atoms with Gasteiger partial charge in [0.25, 0.3) is 0 Å². The molecule has 0 spiro atoms. The summed E-state index contributed by atoms with van der Waals surface area (Å²) in [6.45, 7) is 6.50. The van der Waals surface area contributed by atoms with Crippen LogP contribution in [0.5, 0.6) is 0 Å². The summed E-state index contributed by atoms with van der Waals surface area (Å²) < 4.78 is 0. The summed E-state index contributed by atoms with van der Waals surface area (Å²) in [5.74, 6) is 0. The quantitative estimate of drug-likeness (QED) is 0.899. The molecule has 1 aromatic carbocycles. The Morgan fingerprint density at radius 3 is 2.85 bits per heavy atom. The molecule has 20 heavy (non-hydrogen) atoms. The number of fused-ring (bicyclic) bond motifs is 1. The van der Waals surface area contributed by atoms with Crippen molar-refractivity contribution >= 4 is 11.3 Å². The monoisotopic (exact) mass is 286 g/mol. The summed E-state index contributed by atoms with van der Waals surface area (Å²) in [7, 11) is 0. The van der Waals surface area contributed by atoms with Crippen LogP contribution in [0.2, 0.25) is 0 Å². The van der Waals surface area contributed by atoms with Gasteiger partial charge in [-0.1, -0.05) is 24.3 Å². The number of benzene rings is 1. The van der Waals surface area contributed by atoms with Crippen molar-refractivity contribution in [2.45, 2.75) is 52.1 Å². The molecule has 0 saturated heterocycles. The lowest BCUT2D eigenvalue weighted by molar-refractivity contribution is 0.411. The fourth-order valence-electron chi connectivity index (χ4n) is 3.25. The summed E-state index contributed by atoms with van der Waals surface area (Å²) in [5.41, 5.74) is 4.21. The molecule has 1 aliphatic rings. The summed E-state index contributed by atoms with van der Waals surface area (Å²) in [4.78, 5) is 6.03. The molecular weight excluding hydrogens is 264 g/mol. The Balaban J connectivity index is 1.80. The highest BCUT2D eigenvalue weighted by molar-refractivity contribution is 7.11. The number of aryl methyl sites for hydroxylation is 3. The molecule has 0 amide bonds. The van der Waals surface area contributed by atoms with Crippen LogP contribution in [-0.4, -0.2) is 4.98 Å². The average Bonchev–Trinajstić information content (AvgIpc) is 2.78. The Bertz CT molecular complexity index is 603. The van der Waals surface area contributed by atoms with E-state index in [1.807, 2.05) is 0 Å². The van der Waals surface area contributed by atoms with E-state index in [-0.39, 0.29) is 0 Å². The maximum absolute atomic E-state index is 4.69. The van der Waals surface area contributed by atoms with E-state index in [4.69, 9.17) is 0 Å². The van der Waals surface area contributed by atoms with Gasteiger partial charge in [-0.25, -0.2) is 4.98 Å². The summed E-state index contributed by atoms with van der Waals surface area (Å²) in [5, 5.41) is 4.95. The van der Waals surface area contributed by atoms with Gasteiger partial charge in [0.2, 0.25) is 0 Å². The number of nitrogens with one attached hydrogen (secondary N) is 1. The summed E-state index contributed by atoms with van der Waals surface area (Å²) in [6.07, 6.45) is 3.72. The van der Waals surface area contributed by atoms with E-state index in [0.717, 1.165) is 5.01 Å². The molecule has 2 unspecified atom stereocenters. The highest BCUT2D eigenvalue weighted by atomic mass is 32.1. The molecule has 2 aromatic rings. The normalized spacial score (nSPS) is 19.6. The standard InChI is InChI=1S/C17H22N2S/c1-11(17-12(2)20-13(3)19-17)18-16-10-6-8-14-7-4-5-9-15(14)16/h4-5,7,9,11,16,18H,6,8,10H2,1-3H3. The second kappa shape index (κ2) is 5.66. The predicted molar refractivity (Wildman–Crippen MR) is 85.3 cm³/mol. The van der Waals surface area contributed by atoms with Crippen molar-refractivity contribution in [3.63, 3.8) is 0 Å². The van der Waals surface area contributed by atoms with Gasteiger partial charge in [0, 0.05) is 17.0 Å². The topological polar surface area (TPSA) is 24.9 Å². The van der Waals surface area contributed by atoms with Crippen LogP contribution >= 0.6 is 11.3 Å². The van der Waals surface area contributed by atoms with Crippen LogP contribution in [0.25, 0.3) is 0 Å². The fraction of sp³-hybridized carbons (Fsp3) is 0.471. The number of hydrogen-bond donors (Lipinski definition) is 1. The molecule has 3 heteroatoms. The molecule has 0 saturated carbocycles. The predicted octanol–water partition coefficient (Wildman–Crippen LogP) is 4.49. The van der Waals surface area contributed by atoms with Gasteiger partial charge in [0.15, 0.2) is 0 Å². The third-order valence-corrected chi connectivity index (χ3v) is 5.07. The van der Waals surface area contributed by atoms with Crippen molar-refractivity contribution in [3.05, 3.63) is 51.0 Å². The maximum Gasteiger partial charge on any atom is 0.0900 e. The van der Waals surface area contributed by atoms with Gasteiger partial charge in [-0.05, 0) is 51.2 Å². The SMILES string of the molecule is Cc1nc(C(C)NC2CCCc3ccccc32)c(C)s1. The highest BCUT2D eigenvalue weighted by Gasteiger charge is 2.23. The smallest absolute Gasteiger partial charge is 0.0900 e. The number of rotatable bonds is 3. The molecule has 2 atom stereocenters. The van der Waals surface area contributed by atoms with Gasteiger partial charge in [-0.3, -0.25) is 0 Å². The van der Waals surface area contributed by atoms with E-state index in [1.54, 1.807) is 11.3 Å². The molecule has 1 heterocycles. The molecule has 0 bridgehead atoms. The Labute approximate surface area is 125 Å². The van der Waals surface area contributed by atoms with Crippen LogP contribution < -0.4 is 5.32 Å². The van der Waals surface area contributed by atoms with Gasteiger partial charge in [-0.2, -0.15) is 0 Å². The van der Waals surface area contributed by atoms with Gasteiger partial charge in [-0.15, -0.1) is 11.3 Å². The zero-order chi connectivity index (χ0) is 14.1. The highest BCUT2D eigenvalue weighted by Crippen LogP contribution is 2.32. The first kappa shape index (κ1) is 13.8. The molecule has 0 radical (unpaired) electrons. The fourth-order valence-corrected chi connectivity index (χ4v) is 4.17. The van der Waals surface area contributed by atoms with Crippen LogP contribution in [0.4, 0.5) is 0 Å². The molecule has 106 valence electrons. The van der Waals surface area contributed by atoms with E-state index in [1.165, 1.54) is 41.0 Å². The number of aromatic nitrogens is 1. The maximum atomic E-state index is 4.69. The zero-order valence-electron chi connectivity index (χ0n) is 12.4. The van der Waals surface area contributed by atoms with Gasteiger partial charge in [0.05, 0.1) is 10.7 Å². The molecule has 1 aliphatic carbocycles. The zero-order valence-corrected chi connectivity index (χ0v) is 13.3. The molecule has 3 rings (SSSR count). The Morgan fingerprint density at radius 2 is 2.10 bits per heavy atom. The Kier molecular flexibility index (Phi) is 3.90. The summed E-state index contributed by atoms with van der Waals surface area (Å²) >= 11 is 1.79. The second-order valence-corrected chi connectivity index (χ2v) is 7.11. The second-order valence-electron chi connectivity index (χ2n) is 5.71. The Hall–Kier alpha value is -1.19. The molecule has 0 aliphatic heterocycles. The van der Waals surface area contributed by atoms with Crippen molar-refractivity contribution in [2.24, 2.45) is 0 Å². The lowest BCUT2D eigenvalue weighted by Gasteiger charge is -2.29. The van der Waals surface area contributed by atoms with Crippen LogP contribution in [0, 0.1) is 13.8 Å². The van der Waals surface area contributed by atoms with Gasteiger partial charge >= 0.3 is 0 Å². The minimum Gasteiger partial charge on any atom is -0.302 e. The van der Waals surface area contributed by atoms with Crippen molar-refractivity contribution in [1.29, 1.82) is 0 Å². The van der Waals surface area contributed by atoms with Crippen LogP contribution in [-0.2, 0) is 6.42 Å². The van der Waals surface area contributed by atoms with Crippen LogP contribution in [0.1, 0.15) is 58.6 Å². The number of thiazole rings is 1. The number of hydrogen-bond acceptors (Lipinski definition) is 3. The first-order chi connectivity index (χ1) is 9.65. The van der Waals surface area contributed by atoms with E-state index in [0.29, 0.717) is 12.1 Å². The van der Waals surface area contributed by atoms with E-state index >= 15 is 0 Å². The third kappa shape index (κ3) is 2.65. The minimum absolute atomic E-state index is 0.316. The van der Waals surface area contributed by atoms with Crippen molar-refractivity contribution in [2.75, 3.05) is 0 Å². The largest absolute Gasteiger partial charge is 0.302 e. The molecule has 0 fully saturated rings. The van der Waals surface area contributed by atoms with Crippen molar-refractivity contribution in [3.8, 4) is 0 Å². The first-order valence-electron chi connectivity index (χ1n) is 7.43. The number of nitrogens with zero attached hydrogens (tertiary/aromatic N) is 1. The van der Waals surface area contributed by atoms with Crippen LogP contribution in [0.15, 0.2) is 24.3 Å². The molecule has 1 aromatic heterocycles. The molecule has 2 nitrogen and oxygen atoms in total. The minimum atomic E-state index is 0.316. The van der Waals surface area contributed by atoms with Crippen molar-refractivity contribution < 1.29 is 0 Å². The van der Waals surface area contributed by atoms with Gasteiger partial charge in [0.1, 0.15) is 0 Å². The third-order valence-electron chi connectivity index (χ3n) is 4.17. The molecular formula is C17H22N2S. The Morgan fingerprint density at radius 1 is 1.30 bits per heavy atom. The van der Waals surface area contributed by atoms with E-state index < -0.39 is 0 Å². The van der Waals surface area contributed by atoms with E-state index in [9.17, 15) is 0 Å². The summed E-state index contributed by atoms with van der Waals surface area (Å²) in [6, 6.07) is 9.64. The van der Waals surface area contributed by atoms with Gasteiger partial charge < -0.3 is 5.32 Å². The van der Waals surface area contributed by atoms with Crippen molar-refractivity contribution in [1.82, 2.24) is 10.3 Å². The van der Waals surface area contributed by atoms with E-state index in [2.05, 4.69) is 55.3 Å².